The number of hydrogen-bond donors (Lipinski definition) is 0. The van der Waals surface area contributed by atoms with Gasteiger partial charge in [-0.3, -0.25) is 4.79 Å². The van der Waals surface area contributed by atoms with Gasteiger partial charge in [0, 0.05) is 0 Å². The monoisotopic (exact) mass is 140 g/mol. The van der Waals surface area contributed by atoms with Crippen molar-refractivity contribution >= 4 is 5.97 Å². The molecule has 0 bridgehead atoms. The Balaban J connectivity index is 2.57. The number of carbonyl (C=O) groups excluding carboxylic acids is 1. The largest absolute Gasteiger partial charge is 0.469 e. The molecule has 0 amide bonds. The standard InChI is InChI=1S/C8H12O2/c1-4-6-5(2)7(6)8(9)10-3/h4-5,7H,1-3H3/b6-4-/t5-,7+/m0/s1. The lowest BCUT2D eigenvalue weighted by atomic mass is 10.3. The highest BCUT2D eigenvalue weighted by atomic mass is 16.5. The highest BCUT2D eigenvalue weighted by Gasteiger charge is 2.45. The van der Waals surface area contributed by atoms with Crippen molar-refractivity contribution in [3.63, 3.8) is 0 Å². The first-order chi connectivity index (χ1) is 4.72. The van der Waals surface area contributed by atoms with E-state index in [4.69, 9.17) is 0 Å². The van der Waals surface area contributed by atoms with E-state index in [1.807, 2.05) is 19.9 Å². The van der Waals surface area contributed by atoms with Crippen molar-refractivity contribution in [2.75, 3.05) is 7.11 Å². The van der Waals surface area contributed by atoms with Crippen molar-refractivity contribution in [1.29, 1.82) is 0 Å². The maximum absolute atomic E-state index is 10.9. The van der Waals surface area contributed by atoms with Crippen LogP contribution in [0.4, 0.5) is 0 Å². The Hall–Kier alpha value is -0.790. The minimum absolute atomic E-state index is 0.0648. The number of allylic oxidation sites excluding steroid dienone is 1. The third-order valence-corrected chi connectivity index (χ3v) is 2.06. The van der Waals surface area contributed by atoms with Gasteiger partial charge in [-0.1, -0.05) is 18.6 Å². The molecule has 0 radical (unpaired) electrons. The molecule has 56 valence electrons. The lowest BCUT2D eigenvalue weighted by Crippen LogP contribution is -2.03. The zero-order valence-corrected chi connectivity index (χ0v) is 6.55. The van der Waals surface area contributed by atoms with Crippen molar-refractivity contribution in [2.45, 2.75) is 13.8 Å². The lowest BCUT2D eigenvalue weighted by Gasteiger charge is -1.91. The Kier molecular flexibility index (Phi) is 1.79. The first-order valence-corrected chi connectivity index (χ1v) is 3.46. The second kappa shape index (κ2) is 2.45. The predicted octanol–water partition coefficient (Wildman–Crippen LogP) is 1.37. The van der Waals surface area contributed by atoms with Gasteiger partial charge < -0.3 is 4.74 Å². The van der Waals surface area contributed by atoms with Gasteiger partial charge in [0.25, 0.3) is 0 Å². The summed E-state index contributed by atoms with van der Waals surface area (Å²) in [6, 6.07) is 0. The average Bonchev–Trinajstić information content (AvgIpc) is 2.59. The zero-order valence-electron chi connectivity index (χ0n) is 6.55. The van der Waals surface area contributed by atoms with Crippen LogP contribution in [0.25, 0.3) is 0 Å². The topological polar surface area (TPSA) is 26.3 Å². The van der Waals surface area contributed by atoms with Crippen molar-refractivity contribution < 1.29 is 9.53 Å². The Labute approximate surface area is 60.9 Å². The average molecular weight is 140 g/mol. The molecule has 1 fully saturated rings. The fourth-order valence-corrected chi connectivity index (χ4v) is 1.33. The summed E-state index contributed by atoms with van der Waals surface area (Å²) in [7, 11) is 1.43. The van der Waals surface area contributed by atoms with Crippen molar-refractivity contribution in [3.8, 4) is 0 Å². The molecule has 0 aromatic heterocycles. The summed E-state index contributed by atoms with van der Waals surface area (Å²) in [5.41, 5.74) is 1.21. The molecule has 2 heteroatoms. The number of carbonyl (C=O) groups is 1. The molecule has 0 saturated heterocycles. The number of rotatable bonds is 1. The minimum atomic E-state index is -0.0967. The summed E-state index contributed by atoms with van der Waals surface area (Å²) >= 11 is 0. The quantitative estimate of drug-likeness (QED) is 0.406. The van der Waals surface area contributed by atoms with Gasteiger partial charge in [0.15, 0.2) is 0 Å². The predicted molar refractivity (Wildman–Crippen MR) is 38.4 cm³/mol. The molecule has 2 nitrogen and oxygen atoms in total. The van der Waals surface area contributed by atoms with E-state index in [-0.39, 0.29) is 11.9 Å². The normalized spacial score (nSPS) is 34.1. The number of methoxy groups -OCH3 is 1. The molecule has 0 aromatic rings. The highest BCUT2D eigenvalue weighted by Crippen LogP contribution is 2.45. The second-order valence-corrected chi connectivity index (χ2v) is 2.58. The van der Waals surface area contributed by atoms with E-state index in [1.54, 1.807) is 0 Å². The molecule has 0 aromatic carbocycles. The summed E-state index contributed by atoms with van der Waals surface area (Å²) in [6.07, 6.45) is 1.99. The highest BCUT2D eigenvalue weighted by molar-refractivity contribution is 5.81. The summed E-state index contributed by atoms with van der Waals surface area (Å²) in [6.45, 7) is 3.99. The molecule has 1 rings (SSSR count). The fourth-order valence-electron chi connectivity index (χ4n) is 1.33. The van der Waals surface area contributed by atoms with Crippen LogP contribution in [0.2, 0.25) is 0 Å². The summed E-state index contributed by atoms with van der Waals surface area (Å²) in [4.78, 5) is 10.9. The van der Waals surface area contributed by atoms with E-state index in [0.717, 1.165) is 0 Å². The van der Waals surface area contributed by atoms with Crippen molar-refractivity contribution in [3.05, 3.63) is 11.6 Å². The first kappa shape index (κ1) is 7.32. The number of esters is 1. The fraction of sp³-hybridized carbons (Fsp3) is 0.625. The van der Waals surface area contributed by atoms with Crippen LogP contribution in [0.15, 0.2) is 11.6 Å². The Morgan fingerprint density at radius 2 is 2.30 bits per heavy atom. The van der Waals surface area contributed by atoms with Crippen molar-refractivity contribution in [2.24, 2.45) is 11.8 Å². The third kappa shape index (κ3) is 0.939. The number of ether oxygens (including phenoxy) is 1. The smallest absolute Gasteiger partial charge is 0.313 e. The molecule has 0 heterocycles. The molecule has 10 heavy (non-hydrogen) atoms. The molecular formula is C8H12O2. The molecule has 2 atom stereocenters. The van der Waals surface area contributed by atoms with E-state index >= 15 is 0 Å². The van der Waals surface area contributed by atoms with Crippen LogP contribution in [0.3, 0.4) is 0 Å². The third-order valence-electron chi connectivity index (χ3n) is 2.06. The summed E-state index contributed by atoms with van der Waals surface area (Å²) < 4.78 is 4.60. The van der Waals surface area contributed by atoms with Gasteiger partial charge in [-0.2, -0.15) is 0 Å². The SMILES string of the molecule is C/C=C1/[C@H](C)[C@H]1C(=O)OC. The van der Waals surface area contributed by atoms with Gasteiger partial charge in [-0.25, -0.2) is 0 Å². The maximum Gasteiger partial charge on any atom is 0.313 e. The molecule has 1 aliphatic carbocycles. The van der Waals surface area contributed by atoms with Gasteiger partial charge in [-0.05, 0) is 12.8 Å². The second-order valence-electron chi connectivity index (χ2n) is 2.58. The molecule has 0 N–H and O–H groups in total. The summed E-state index contributed by atoms with van der Waals surface area (Å²) in [5.74, 6) is 0.382. The van der Waals surface area contributed by atoms with E-state index in [1.165, 1.54) is 12.7 Å². The molecule has 1 aliphatic rings. The van der Waals surface area contributed by atoms with E-state index in [2.05, 4.69) is 4.74 Å². The lowest BCUT2D eigenvalue weighted by molar-refractivity contribution is -0.142. The van der Waals surface area contributed by atoms with Crippen LogP contribution in [-0.2, 0) is 9.53 Å². The van der Waals surface area contributed by atoms with Gasteiger partial charge >= 0.3 is 5.97 Å². The molecule has 0 spiro atoms. The van der Waals surface area contributed by atoms with E-state index in [9.17, 15) is 4.79 Å². The molecule has 1 saturated carbocycles. The Morgan fingerprint density at radius 1 is 1.70 bits per heavy atom. The van der Waals surface area contributed by atoms with Crippen LogP contribution >= 0.6 is 0 Å². The van der Waals surface area contributed by atoms with Crippen LogP contribution in [0.1, 0.15) is 13.8 Å². The van der Waals surface area contributed by atoms with Crippen LogP contribution in [-0.4, -0.2) is 13.1 Å². The maximum atomic E-state index is 10.9. The molecular weight excluding hydrogens is 128 g/mol. The van der Waals surface area contributed by atoms with Crippen LogP contribution in [0, 0.1) is 11.8 Å². The molecule has 0 aliphatic heterocycles. The van der Waals surface area contributed by atoms with Gasteiger partial charge in [0.2, 0.25) is 0 Å². The minimum Gasteiger partial charge on any atom is -0.469 e. The number of hydrogen-bond acceptors (Lipinski definition) is 2. The Bertz CT molecular complexity index is 182. The van der Waals surface area contributed by atoms with Gasteiger partial charge in [-0.15, -0.1) is 0 Å². The summed E-state index contributed by atoms with van der Waals surface area (Å²) in [5, 5.41) is 0. The van der Waals surface area contributed by atoms with Gasteiger partial charge in [0.1, 0.15) is 0 Å². The first-order valence-electron chi connectivity index (χ1n) is 3.46. The van der Waals surface area contributed by atoms with E-state index in [0.29, 0.717) is 5.92 Å². The van der Waals surface area contributed by atoms with E-state index < -0.39 is 0 Å². The molecule has 0 unspecified atom stereocenters. The van der Waals surface area contributed by atoms with Crippen LogP contribution < -0.4 is 0 Å². The van der Waals surface area contributed by atoms with Gasteiger partial charge in [0.05, 0.1) is 13.0 Å². The zero-order chi connectivity index (χ0) is 7.72. The van der Waals surface area contributed by atoms with Crippen molar-refractivity contribution in [1.82, 2.24) is 0 Å². The Morgan fingerprint density at radius 3 is 2.60 bits per heavy atom. The van der Waals surface area contributed by atoms with Crippen LogP contribution in [0.5, 0.6) is 0 Å².